The number of fused-ring (bicyclic) bond motifs is 3. The van der Waals surface area contributed by atoms with Crippen LogP contribution in [0.1, 0.15) is 87.5 Å². The van der Waals surface area contributed by atoms with E-state index in [9.17, 15) is 4.79 Å². The van der Waals surface area contributed by atoms with Crippen LogP contribution in [0, 0.1) is 90.0 Å². The maximum Gasteiger partial charge on any atom is 0.346 e. The Morgan fingerprint density at radius 3 is 1.82 bits per heavy atom. The number of thiophene rings is 1. The molecule has 93 heavy (non-hydrogen) atoms. The van der Waals surface area contributed by atoms with Gasteiger partial charge in [0, 0.05) is 64.6 Å². The Kier molecular flexibility index (Phi) is 30.5. The number of aromatic nitrogens is 11. The number of halogens is 4. The van der Waals surface area contributed by atoms with Gasteiger partial charge in [-0.2, -0.15) is 0 Å². The normalized spacial score (nSPS) is 10.1. The molecular formula is C70H76Cl4N12O5S2. The van der Waals surface area contributed by atoms with E-state index in [1.807, 2.05) is 141 Å². The fourth-order valence-corrected chi connectivity index (χ4v) is 9.95. The molecule has 0 aliphatic carbocycles. The number of methoxy groups -OCH3 is 2. The van der Waals surface area contributed by atoms with Crippen molar-refractivity contribution in [2.45, 2.75) is 96.6 Å². The van der Waals surface area contributed by atoms with Crippen molar-refractivity contribution >= 4 is 113 Å². The fraction of sp³-hybridized carbons (Fsp3) is 0.229. The van der Waals surface area contributed by atoms with Gasteiger partial charge in [0.2, 0.25) is 0 Å². The van der Waals surface area contributed by atoms with E-state index in [0.29, 0.717) is 44.3 Å². The summed E-state index contributed by atoms with van der Waals surface area (Å²) in [5.74, 6) is 2.71. The van der Waals surface area contributed by atoms with Gasteiger partial charge in [-0.25, -0.2) is 34.7 Å². The van der Waals surface area contributed by atoms with Crippen LogP contribution in [0.5, 0.6) is 5.75 Å². The average Bonchev–Trinajstić information content (AvgIpc) is 2.12. The van der Waals surface area contributed by atoms with Crippen LogP contribution >= 0.6 is 69.1 Å². The summed E-state index contributed by atoms with van der Waals surface area (Å²) in [5.41, 5.74) is 26.1. The molecule has 0 radical (unpaired) electrons. The molecule has 0 unspecified atom stereocenters. The predicted molar refractivity (Wildman–Crippen MR) is 383 cm³/mol. The van der Waals surface area contributed by atoms with Gasteiger partial charge < -0.3 is 34.8 Å². The summed E-state index contributed by atoms with van der Waals surface area (Å²) in [7, 11) is 3.19. The van der Waals surface area contributed by atoms with Gasteiger partial charge in [-0.15, -0.1) is 22.7 Å². The second-order valence-electron chi connectivity index (χ2n) is 20.8. The summed E-state index contributed by atoms with van der Waals surface area (Å²) in [5, 5.41) is 14.4. The van der Waals surface area contributed by atoms with Gasteiger partial charge in [-0.1, -0.05) is 118 Å². The molecule has 13 aromatic rings. The van der Waals surface area contributed by atoms with E-state index in [4.69, 9.17) is 71.2 Å². The Labute approximate surface area is 570 Å². The zero-order valence-corrected chi connectivity index (χ0v) is 59.2. The number of hydrogen-bond acceptors (Lipinski definition) is 16. The topological polar surface area (TPSA) is 243 Å². The Hall–Kier alpha value is -8.66. The van der Waals surface area contributed by atoms with Crippen molar-refractivity contribution in [3.8, 4) is 17.1 Å². The number of imidazole rings is 2. The maximum atomic E-state index is 10.4. The number of rotatable bonds is 5. The first kappa shape index (κ1) is 75.1. The minimum Gasteiger partial charge on any atom is -0.496 e. The Balaban J connectivity index is 0.000000190. The van der Waals surface area contributed by atoms with E-state index in [0.717, 1.165) is 88.1 Å². The van der Waals surface area contributed by atoms with Gasteiger partial charge in [0.05, 0.1) is 63.5 Å². The van der Waals surface area contributed by atoms with Crippen LogP contribution in [0.3, 0.4) is 0 Å². The minimum absolute atomic E-state index is 0.319. The van der Waals surface area contributed by atoms with Crippen molar-refractivity contribution in [2.24, 2.45) is 0 Å². The lowest BCUT2D eigenvalue weighted by Gasteiger charge is -2.04. The second kappa shape index (κ2) is 37.8. The molecule has 0 aliphatic rings. The number of pyridine rings is 1. The molecule has 8 aromatic heterocycles. The highest BCUT2D eigenvalue weighted by Crippen LogP contribution is 2.28. The Morgan fingerprint density at radius 2 is 1.27 bits per heavy atom. The average molecular weight is 1370 g/mol. The number of carbonyl (C=O) groups is 1. The number of benzene rings is 5. The quantitative estimate of drug-likeness (QED) is 0.117. The fourth-order valence-electron chi connectivity index (χ4n) is 7.80. The van der Waals surface area contributed by atoms with Crippen molar-refractivity contribution in [2.75, 3.05) is 20.0 Å². The third-order valence-corrected chi connectivity index (χ3v) is 17.0. The third-order valence-electron chi connectivity index (χ3n) is 13.6. The number of aromatic carboxylic acids is 1. The highest BCUT2D eigenvalue weighted by molar-refractivity contribution is 7.16. The highest BCUT2D eigenvalue weighted by Gasteiger charge is 2.11. The monoisotopic (exact) mass is 1370 g/mol. The highest BCUT2D eigenvalue weighted by atomic mass is 35.5. The molecular weight excluding hydrogens is 1290 g/mol. The molecule has 0 amide bonds. The van der Waals surface area contributed by atoms with E-state index in [-0.39, 0.29) is 0 Å². The smallest absolute Gasteiger partial charge is 0.346 e. The summed E-state index contributed by atoms with van der Waals surface area (Å²) < 4.78 is 16.0. The first-order valence-electron chi connectivity index (χ1n) is 28.8. The molecule has 0 spiro atoms. The van der Waals surface area contributed by atoms with Crippen LogP contribution in [0.25, 0.3) is 43.7 Å². The van der Waals surface area contributed by atoms with Crippen molar-refractivity contribution in [3.63, 3.8) is 0 Å². The van der Waals surface area contributed by atoms with Crippen molar-refractivity contribution in [1.82, 2.24) is 55.0 Å². The Morgan fingerprint density at radius 1 is 0.624 bits per heavy atom. The number of H-pyrrole nitrogens is 2. The number of nitrogens with one attached hydrogen (secondary N) is 2. The summed E-state index contributed by atoms with van der Waals surface area (Å²) in [6.07, 6.45) is 8.67. The lowest BCUT2D eigenvalue weighted by Crippen LogP contribution is -1.97. The van der Waals surface area contributed by atoms with E-state index in [1.165, 1.54) is 57.0 Å². The predicted octanol–water partition coefficient (Wildman–Crippen LogP) is 19.3. The number of hydrogen-bond donors (Lipinski definition) is 4. The van der Waals surface area contributed by atoms with Crippen LogP contribution in [0.4, 0.5) is 5.82 Å². The van der Waals surface area contributed by atoms with Gasteiger partial charge in [0.15, 0.2) is 11.0 Å². The largest absolute Gasteiger partial charge is 0.496 e. The number of anilines is 1. The van der Waals surface area contributed by atoms with E-state index in [1.54, 1.807) is 56.5 Å². The summed E-state index contributed by atoms with van der Waals surface area (Å²) in [6, 6.07) is 35.8. The van der Waals surface area contributed by atoms with Gasteiger partial charge >= 0.3 is 5.97 Å². The van der Waals surface area contributed by atoms with Crippen molar-refractivity contribution in [3.05, 3.63) is 249 Å². The van der Waals surface area contributed by atoms with Gasteiger partial charge in [-0.05, 0) is 171 Å². The molecule has 8 heterocycles. The van der Waals surface area contributed by atoms with Crippen LogP contribution in [-0.2, 0) is 11.3 Å². The van der Waals surface area contributed by atoms with Crippen molar-refractivity contribution in [1.29, 1.82) is 0 Å². The van der Waals surface area contributed by atoms with Crippen LogP contribution in [0.2, 0.25) is 20.5 Å². The first-order chi connectivity index (χ1) is 44.3. The number of aromatic amines is 2. The lowest BCUT2D eigenvalue weighted by atomic mass is 10.1. The number of carboxylic acids is 1. The number of nitrogen functional groups attached to an aromatic ring is 1. The number of carboxylic acid groups (broad SMARTS) is 1. The van der Waals surface area contributed by atoms with Gasteiger partial charge in [0.25, 0.3) is 0 Å². The third kappa shape index (κ3) is 24.1. The number of nitrogens with two attached hydrogens (primary N) is 1. The molecule has 0 saturated carbocycles. The van der Waals surface area contributed by atoms with Gasteiger partial charge in [-0.3, -0.25) is 9.97 Å². The number of aryl methyl sites for hydroxylation is 10. The molecule has 23 heteroatoms. The van der Waals surface area contributed by atoms with E-state index in [2.05, 4.69) is 106 Å². The SMILES string of the molecule is COCc1cccc(C)c1Cl.COc1cc(C(=O)O)sc1C.Cc1ccc2nc[nH]c2c1.Cc1ccc2nccnc2c1.Cc1ccc2scnc2c1.Cc1cnc(-c2ccccc2)nc1Cl.Cc1cnc(N)c(C)c1C.Cc1nc(Cl)c(Cl)[nH]1.Cc1noc(C)c1C. The zero-order valence-electron chi connectivity index (χ0n) is 54.6. The molecule has 5 N–H and O–H groups in total. The Bertz CT molecular complexity index is 4340. The number of nitrogens with zero attached hydrogens (tertiary/aromatic N) is 9. The first-order valence-corrected chi connectivity index (χ1v) is 32.0. The molecule has 0 bridgehead atoms. The second-order valence-corrected chi connectivity index (χ2v) is 24.4. The molecule has 17 nitrogen and oxygen atoms in total. The number of ether oxygens (including phenoxy) is 2. The van der Waals surface area contributed by atoms with Crippen molar-refractivity contribution < 1.29 is 23.9 Å². The molecule has 486 valence electrons. The zero-order chi connectivity index (χ0) is 68.3. The number of thiazole rings is 1. The maximum absolute atomic E-state index is 10.4. The van der Waals surface area contributed by atoms with Crippen LogP contribution in [0.15, 0.2) is 150 Å². The van der Waals surface area contributed by atoms with E-state index >= 15 is 0 Å². The van der Waals surface area contributed by atoms with E-state index < -0.39 is 5.97 Å². The molecule has 13 rings (SSSR count). The molecule has 0 atom stereocenters. The lowest BCUT2D eigenvalue weighted by molar-refractivity contribution is 0.0701. The summed E-state index contributed by atoms with van der Waals surface area (Å²) in [4.78, 5) is 50.3. The molecule has 0 fully saturated rings. The summed E-state index contributed by atoms with van der Waals surface area (Å²) >= 11 is 25.7. The van der Waals surface area contributed by atoms with Crippen LogP contribution < -0.4 is 10.5 Å². The standard InChI is InChI=1S/C11H9ClN2.C9H11ClO.C9H8N2.C8H8N2.C8H12N2.C8H7NS.C7H8O3S.C6H9NO.C4H4Cl2N2/c1-8-7-13-11(14-10(8)12)9-5-3-2-4-6-9;1-7-4-3-5-8(6-11-2)9(7)10;1-7-2-3-8-9(6-7)11-5-4-10-8;1-6-2-3-7-8(4-6)10-5-9-7;1-5-4-10-8(9)7(3)6(5)2;1-6-2-3-8-7(4-6)9-5-10-8;1-4-5(10-2)3-6(11-4)7(8)9;1-4-5(2)7-8-6(4)3;1-2-7-3(5)4(6)8-2/h2-7H,1H3;3-5H,6H2,1-2H3;2-6H,1H3;2-5H,1H3,(H,9,10);4H,1-3H3,(H2,9,10);2-5H,1H3;3H,1-2H3,(H,8,9);1-3H3;1H3,(H,7,8). The van der Waals surface area contributed by atoms with Crippen LogP contribution in [-0.4, -0.2) is 80.3 Å². The van der Waals surface area contributed by atoms with Gasteiger partial charge in [0.1, 0.15) is 38.3 Å². The molecule has 0 saturated heterocycles. The molecule has 5 aromatic carbocycles. The minimum atomic E-state index is -0.901. The molecule has 0 aliphatic heterocycles. The summed E-state index contributed by atoms with van der Waals surface area (Å²) in [6.45, 7) is 26.2.